The zero-order valence-corrected chi connectivity index (χ0v) is 17.1. The van der Waals surface area contributed by atoms with Crippen LogP contribution in [0, 0.1) is 17.8 Å². The topological polar surface area (TPSA) is 73.9 Å². The second-order valence-corrected chi connectivity index (χ2v) is 8.41. The Morgan fingerprint density at radius 1 is 1.20 bits per heavy atom. The monoisotopic (exact) mass is 407 g/mol. The Morgan fingerprint density at radius 2 is 2.03 bits per heavy atom. The second kappa shape index (κ2) is 7.04. The Kier molecular flexibility index (Phi) is 4.45. The van der Waals surface area contributed by atoms with E-state index in [4.69, 9.17) is 14.2 Å². The Morgan fingerprint density at radius 3 is 2.83 bits per heavy atom. The van der Waals surface area contributed by atoms with E-state index < -0.39 is 5.60 Å². The van der Waals surface area contributed by atoms with E-state index in [1.807, 2.05) is 36.4 Å². The van der Waals surface area contributed by atoms with E-state index in [1.54, 1.807) is 20.3 Å². The fourth-order valence-corrected chi connectivity index (χ4v) is 5.42. The summed E-state index contributed by atoms with van der Waals surface area (Å²) in [6.07, 6.45) is 2.11. The third-order valence-corrected chi connectivity index (χ3v) is 6.89. The second-order valence-electron chi connectivity index (χ2n) is 8.41. The zero-order chi connectivity index (χ0) is 20.9. The minimum Gasteiger partial charge on any atom is -0.497 e. The molecular weight excluding hydrogens is 382 g/mol. The van der Waals surface area contributed by atoms with Gasteiger partial charge in [0, 0.05) is 30.0 Å². The highest BCUT2D eigenvalue weighted by molar-refractivity contribution is 6.00. The highest BCUT2D eigenvalue weighted by Gasteiger charge is 2.70. The van der Waals surface area contributed by atoms with Crippen LogP contribution in [0.15, 0.2) is 42.5 Å². The molecular formula is C24H25NO5. The van der Waals surface area contributed by atoms with E-state index in [2.05, 4.69) is 5.32 Å². The number of carbonyl (C=O) groups is 2. The first-order valence-corrected chi connectivity index (χ1v) is 10.4. The quantitative estimate of drug-likeness (QED) is 0.823. The van der Waals surface area contributed by atoms with Crippen LogP contribution in [0.4, 0.5) is 0 Å². The number of hydrogen-bond acceptors (Lipinski definition) is 5. The van der Waals surface area contributed by atoms with Crippen molar-refractivity contribution in [1.29, 1.82) is 0 Å². The van der Waals surface area contributed by atoms with Crippen LogP contribution in [0.5, 0.6) is 17.2 Å². The molecule has 6 heteroatoms. The number of benzene rings is 2. The van der Waals surface area contributed by atoms with Crippen LogP contribution in [0.2, 0.25) is 0 Å². The average molecular weight is 407 g/mol. The lowest BCUT2D eigenvalue weighted by Gasteiger charge is -2.37. The van der Waals surface area contributed by atoms with Crippen LogP contribution in [0.1, 0.15) is 35.2 Å². The number of nitrogens with one attached hydrogen (secondary N) is 1. The largest absolute Gasteiger partial charge is 0.497 e. The van der Waals surface area contributed by atoms with E-state index in [9.17, 15) is 9.59 Å². The molecule has 0 saturated heterocycles. The molecule has 4 unspecified atom stereocenters. The standard InChI is InChI=1S/C24H25NO5/c1-28-15-8-7-14(20(11-15)29-2)13-25-23(27)21-17-9-10-24(22(17)21)12-18(26)16-5-3-4-6-19(16)30-24/h3-8,11,17,21-22H,9-10,12-13H2,1-2H3,(H,25,27). The fourth-order valence-electron chi connectivity index (χ4n) is 5.42. The summed E-state index contributed by atoms with van der Waals surface area (Å²) in [7, 11) is 3.21. The minimum atomic E-state index is -0.532. The maximum absolute atomic E-state index is 13.0. The van der Waals surface area contributed by atoms with Gasteiger partial charge in [-0.05, 0) is 43.0 Å². The molecule has 0 radical (unpaired) electrons. The number of carbonyl (C=O) groups excluding carboxylic acids is 2. The first-order valence-electron chi connectivity index (χ1n) is 10.4. The van der Waals surface area contributed by atoms with Crippen LogP contribution in [-0.2, 0) is 11.3 Å². The van der Waals surface area contributed by atoms with E-state index >= 15 is 0 Å². The zero-order valence-electron chi connectivity index (χ0n) is 17.1. The van der Waals surface area contributed by atoms with Crippen molar-refractivity contribution in [3.8, 4) is 17.2 Å². The Balaban J connectivity index is 1.28. The average Bonchev–Trinajstić information content (AvgIpc) is 3.42. The van der Waals surface area contributed by atoms with Crippen molar-refractivity contribution in [3.05, 3.63) is 53.6 Å². The number of para-hydroxylation sites is 1. The van der Waals surface area contributed by atoms with Crippen LogP contribution < -0.4 is 19.5 Å². The van der Waals surface area contributed by atoms with Crippen molar-refractivity contribution in [2.24, 2.45) is 17.8 Å². The molecule has 4 atom stereocenters. The third kappa shape index (κ3) is 2.93. The Bertz CT molecular complexity index is 1020. The number of amides is 1. The molecule has 2 aliphatic carbocycles. The van der Waals surface area contributed by atoms with Crippen molar-refractivity contribution in [1.82, 2.24) is 5.32 Å². The molecule has 1 spiro atoms. The van der Waals surface area contributed by atoms with Gasteiger partial charge in [0.25, 0.3) is 0 Å². The van der Waals surface area contributed by atoms with Crippen LogP contribution >= 0.6 is 0 Å². The summed E-state index contributed by atoms with van der Waals surface area (Å²) in [6, 6.07) is 13.0. The fraction of sp³-hybridized carbons (Fsp3) is 0.417. The SMILES string of the molecule is COc1ccc(CNC(=O)C2C3CCC4(CC(=O)c5ccccc5O4)C32)c(OC)c1. The smallest absolute Gasteiger partial charge is 0.224 e. The number of fused-ring (bicyclic) bond motifs is 3. The molecule has 3 aliphatic rings. The summed E-state index contributed by atoms with van der Waals surface area (Å²) in [5.41, 5.74) is 1.01. The molecule has 156 valence electrons. The van der Waals surface area contributed by atoms with Gasteiger partial charge in [-0.1, -0.05) is 12.1 Å². The lowest BCUT2D eigenvalue weighted by Crippen LogP contribution is -2.44. The van der Waals surface area contributed by atoms with Crippen molar-refractivity contribution in [2.45, 2.75) is 31.4 Å². The van der Waals surface area contributed by atoms with Crippen molar-refractivity contribution in [3.63, 3.8) is 0 Å². The van der Waals surface area contributed by atoms with E-state index in [1.165, 1.54) is 0 Å². The first kappa shape index (κ1) is 19.0. The maximum atomic E-state index is 13.0. The normalized spacial score (nSPS) is 28.3. The highest BCUT2D eigenvalue weighted by Crippen LogP contribution is 2.65. The van der Waals surface area contributed by atoms with Crippen molar-refractivity contribution < 1.29 is 23.8 Å². The first-order chi connectivity index (χ1) is 14.6. The van der Waals surface area contributed by atoms with Crippen molar-refractivity contribution in [2.75, 3.05) is 14.2 Å². The summed E-state index contributed by atoms with van der Waals surface area (Å²) >= 11 is 0. The number of ketones is 1. The number of methoxy groups -OCH3 is 2. The van der Waals surface area contributed by atoms with Crippen LogP contribution in [-0.4, -0.2) is 31.5 Å². The molecule has 30 heavy (non-hydrogen) atoms. The summed E-state index contributed by atoms with van der Waals surface area (Å²) in [6.45, 7) is 0.386. The molecule has 0 bridgehead atoms. The van der Waals surface area contributed by atoms with Gasteiger partial charge >= 0.3 is 0 Å². The van der Waals surface area contributed by atoms with E-state index in [0.717, 1.165) is 18.4 Å². The van der Waals surface area contributed by atoms with E-state index in [-0.39, 0.29) is 23.5 Å². The van der Waals surface area contributed by atoms with Gasteiger partial charge in [-0.25, -0.2) is 0 Å². The minimum absolute atomic E-state index is 0.0249. The van der Waals surface area contributed by atoms with Crippen molar-refractivity contribution >= 4 is 11.7 Å². The van der Waals surface area contributed by atoms with Gasteiger partial charge in [0.15, 0.2) is 5.78 Å². The molecule has 6 nitrogen and oxygen atoms in total. The van der Waals surface area contributed by atoms with Crippen LogP contribution in [0.3, 0.4) is 0 Å². The molecule has 1 heterocycles. The molecule has 5 rings (SSSR count). The van der Waals surface area contributed by atoms with Gasteiger partial charge in [-0.15, -0.1) is 0 Å². The Labute approximate surface area is 175 Å². The summed E-state index contributed by atoms with van der Waals surface area (Å²) < 4.78 is 17.0. The molecule has 2 aromatic carbocycles. The number of Topliss-reactive ketones (excluding diaryl/α,β-unsaturated/α-hetero) is 1. The molecule has 2 saturated carbocycles. The van der Waals surface area contributed by atoms with E-state index in [0.29, 0.717) is 41.7 Å². The number of ether oxygens (including phenoxy) is 3. The predicted octanol–water partition coefficient (Wildman–Crippen LogP) is 3.38. The third-order valence-electron chi connectivity index (χ3n) is 6.89. The van der Waals surface area contributed by atoms with Gasteiger partial charge in [0.05, 0.1) is 26.2 Å². The summed E-state index contributed by atoms with van der Waals surface area (Å²) in [5.74, 6) is 2.49. The highest BCUT2D eigenvalue weighted by atomic mass is 16.5. The van der Waals surface area contributed by atoms with Crippen LogP contribution in [0.25, 0.3) is 0 Å². The van der Waals surface area contributed by atoms with Gasteiger partial charge < -0.3 is 19.5 Å². The molecule has 1 aliphatic heterocycles. The van der Waals surface area contributed by atoms with Gasteiger partial charge in [0.1, 0.15) is 22.8 Å². The molecule has 2 aromatic rings. The summed E-state index contributed by atoms with van der Waals surface area (Å²) in [5, 5.41) is 3.05. The lowest BCUT2D eigenvalue weighted by molar-refractivity contribution is -0.124. The number of rotatable bonds is 5. The molecule has 1 N–H and O–H groups in total. The van der Waals surface area contributed by atoms with Gasteiger partial charge in [-0.2, -0.15) is 0 Å². The Hall–Kier alpha value is -3.02. The number of hydrogen-bond donors (Lipinski definition) is 1. The maximum Gasteiger partial charge on any atom is 0.224 e. The molecule has 1 amide bonds. The van der Waals surface area contributed by atoms with Gasteiger partial charge in [-0.3, -0.25) is 9.59 Å². The van der Waals surface area contributed by atoms with Gasteiger partial charge in [0.2, 0.25) is 5.91 Å². The predicted molar refractivity (Wildman–Crippen MR) is 110 cm³/mol. The molecule has 0 aromatic heterocycles. The lowest BCUT2D eigenvalue weighted by atomic mass is 9.84. The summed E-state index contributed by atoms with van der Waals surface area (Å²) in [4.78, 5) is 25.7. The molecule has 2 fully saturated rings.